The van der Waals surface area contributed by atoms with Gasteiger partial charge in [-0.05, 0) is 6.92 Å². The molecule has 44 valence electrons. The van der Waals surface area contributed by atoms with E-state index in [1.165, 1.54) is 4.70 Å². The maximum Gasteiger partial charge on any atom is 0.198 e. The van der Waals surface area contributed by atoms with Crippen molar-refractivity contribution in [2.75, 3.05) is 7.05 Å². The van der Waals surface area contributed by atoms with E-state index in [9.17, 15) is 0 Å². The third-order valence-corrected chi connectivity index (χ3v) is 0.719. The average Bonchev–Trinajstić information content (AvgIpc) is 1.65. The maximum atomic E-state index is 6.92. The molecule has 0 aliphatic heterocycles. The summed E-state index contributed by atoms with van der Waals surface area (Å²) < 4.78 is 1.25. The molecule has 0 saturated heterocycles. The topological polar surface area (TPSA) is 26.9 Å². The molecular formula is C6H11N2+. The molecule has 0 spiro atoms. The molecule has 0 rings (SSSR count). The van der Waals surface area contributed by atoms with Crippen molar-refractivity contribution in [3.8, 4) is 0 Å². The highest BCUT2D eigenvalue weighted by molar-refractivity contribution is 5.08. The molecule has 0 aromatic carbocycles. The minimum atomic E-state index is 1.00. The molecule has 0 radical (unpaired) electrons. The number of hydrogen-bond donors (Lipinski definition) is 1. The first kappa shape index (κ1) is 7.08. The van der Waals surface area contributed by atoms with Gasteiger partial charge >= 0.3 is 0 Å². The Hall–Kier alpha value is -0.920. The fraction of sp³-hybridized carbons (Fsp3) is 0.333. The first-order valence-corrected chi connectivity index (χ1v) is 2.41. The second-order valence-electron chi connectivity index (χ2n) is 1.69. The summed E-state index contributed by atoms with van der Waals surface area (Å²) in [5.41, 5.74) is 7.92. The molecule has 0 bridgehead atoms. The van der Waals surface area contributed by atoms with Gasteiger partial charge < -0.3 is 0 Å². The Morgan fingerprint density at radius 2 is 2.25 bits per heavy atom. The zero-order valence-corrected chi connectivity index (χ0v) is 5.31. The Bertz CT molecular complexity index is 133. The number of rotatable bonds is 2. The fourth-order valence-corrected chi connectivity index (χ4v) is 0.358. The van der Waals surface area contributed by atoms with E-state index in [1.54, 1.807) is 19.3 Å². The zero-order valence-electron chi connectivity index (χ0n) is 5.31. The lowest BCUT2D eigenvalue weighted by Gasteiger charge is -1.80. The maximum absolute atomic E-state index is 6.92. The molecule has 2 heteroatoms. The minimum Gasteiger partial charge on any atom is -0.101 e. The third kappa shape index (κ3) is 3.28. The van der Waals surface area contributed by atoms with E-state index < -0.39 is 0 Å². The van der Waals surface area contributed by atoms with E-state index in [-0.39, 0.29) is 0 Å². The SMILES string of the molecule is C=CC(C)=C[N+](C)=N. The molecule has 0 heterocycles. The normalized spacial score (nSPS) is 11.0. The van der Waals surface area contributed by atoms with Crippen LogP contribution < -0.4 is 0 Å². The van der Waals surface area contributed by atoms with Crippen molar-refractivity contribution in [2.45, 2.75) is 6.92 Å². The lowest BCUT2D eigenvalue weighted by molar-refractivity contribution is -0.521. The smallest absolute Gasteiger partial charge is 0.101 e. The predicted octanol–water partition coefficient (Wildman–Crippen LogP) is 1.75. The molecule has 2 nitrogen and oxygen atoms in total. The van der Waals surface area contributed by atoms with Crippen molar-refractivity contribution in [3.05, 3.63) is 24.4 Å². The minimum absolute atomic E-state index is 1.00. The first-order chi connectivity index (χ1) is 3.66. The van der Waals surface area contributed by atoms with Crippen LogP contribution in [0.1, 0.15) is 6.92 Å². The summed E-state index contributed by atoms with van der Waals surface area (Å²) >= 11 is 0. The molecule has 0 amide bonds. The van der Waals surface area contributed by atoms with Crippen LogP contribution >= 0.6 is 0 Å². The second-order valence-corrected chi connectivity index (χ2v) is 1.69. The fourth-order valence-electron chi connectivity index (χ4n) is 0.358. The number of nitrogens with zero attached hydrogens (tertiary/aromatic N) is 1. The van der Waals surface area contributed by atoms with Crippen molar-refractivity contribution in [2.24, 2.45) is 0 Å². The number of nitrogens with one attached hydrogen (secondary N) is 1. The summed E-state index contributed by atoms with van der Waals surface area (Å²) in [6.45, 7) is 5.44. The van der Waals surface area contributed by atoms with E-state index in [1.807, 2.05) is 6.92 Å². The van der Waals surface area contributed by atoms with Gasteiger partial charge in [0.25, 0.3) is 0 Å². The molecule has 0 fully saturated rings. The van der Waals surface area contributed by atoms with Crippen molar-refractivity contribution in [1.82, 2.24) is 0 Å². The van der Waals surface area contributed by atoms with Gasteiger partial charge in [0.15, 0.2) is 13.2 Å². The summed E-state index contributed by atoms with van der Waals surface area (Å²) in [4.78, 5) is 0. The Kier molecular flexibility index (Phi) is 2.77. The van der Waals surface area contributed by atoms with Gasteiger partial charge in [-0.25, -0.2) is 0 Å². The lowest BCUT2D eigenvalue weighted by atomic mass is 10.3. The van der Waals surface area contributed by atoms with E-state index >= 15 is 0 Å². The number of allylic oxidation sites excluding steroid dienone is 2. The van der Waals surface area contributed by atoms with Gasteiger partial charge in [0, 0.05) is 5.57 Å². The summed E-state index contributed by atoms with van der Waals surface area (Å²) in [7, 11) is 1.66. The van der Waals surface area contributed by atoms with Gasteiger partial charge in [0.1, 0.15) is 0 Å². The Morgan fingerprint density at radius 1 is 1.75 bits per heavy atom. The summed E-state index contributed by atoms with van der Waals surface area (Å²) in [5.74, 6) is 0. The second kappa shape index (κ2) is 3.13. The Labute approximate surface area is 49.6 Å². The Morgan fingerprint density at radius 3 is 2.38 bits per heavy atom. The molecule has 0 aliphatic carbocycles. The number of hydrogen-bond acceptors (Lipinski definition) is 1. The molecule has 8 heavy (non-hydrogen) atoms. The van der Waals surface area contributed by atoms with Crippen LogP contribution in [0.15, 0.2) is 24.4 Å². The van der Waals surface area contributed by atoms with Crippen LogP contribution in [0.5, 0.6) is 0 Å². The molecule has 0 aromatic heterocycles. The third-order valence-electron chi connectivity index (χ3n) is 0.719. The van der Waals surface area contributed by atoms with Crippen molar-refractivity contribution < 1.29 is 4.70 Å². The highest BCUT2D eigenvalue weighted by Gasteiger charge is 1.85. The van der Waals surface area contributed by atoms with Crippen molar-refractivity contribution >= 4 is 0 Å². The summed E-state index contributed by atoms with van der Waals surface area (Å²) in [6, 6.07) is 0. The van der Waals surface area contributed by atoms with E-state index in [4.69, 9.17) is 5.53 Å². The van der Waals surface area contributed by atoms with E-state index in [0.717, 1.165) is 5.57 Å². The molecular weight excluding hydrogens is 100 g/mol. The monoisotopic (exact) mass is 111 g/mol. The predicted molar refractivity (Wildman–Crippen MR) is 32.9 cm³/mol. The zero-order chi connectivity index (χ0) is 6.57. The summed E-state index contributed by atoms with van der Waals surface area (Å²) in [5, 5.41) is 0. The first-order valence-electron chi connectivity index (χ1n) is 2.41. The van der Waals surface area contributed by atoms with Gasteiger partial charge in [-0.2, -0.15) is 0 Å². The highest BCUT2D eigenvalue weighted by Crippen LogP contribution is 1.89. The van der Waals surface area contributed by atoms with E-state index in [0.29, 0.717) is 0 Å². The molecule has 0 unspecified atom stereocenters. The van der Waals surface area contributed by atoms with Crippen molar-refractivity contribution in [1.29, 1.82) is 5.53 Å². The van der Waals surface area contributed by atoms with Gasteiger partial charge in [0.2, 0.25) is 0 Å². The van der Waals surface area contributed by atoms with Crippen LogP contribution in [-0.2, 0) is 0 Å². The van der Waals surface area contributed by atoms with Crippen LogP contribution in [0.4, 0.5) is 0 Å². The molecule has 0 aliphatic rings. The van der Waals surface area contributed by atoms with Gasteiger partial charge in [-0.3, -0.25) is 0 Å². The quantitative estimate of drug-likeness (QED) is 0.319. The van der Waals surface area contributed by atoms with Crippen LogP contribution in [-0.4, -0.2) is 11.7 Å². The molecule has 0 aromatic rings. The van der Waals surface area contributed by atoms with Gasteiger partial charge in [-0.15, -0.1) is 4.70 Å². The van der Waals surface area contributed by atoms with Crippen LogP contribution in [0.2, 0.25) is 0 Å². The average molecular weight is 111 g/mol. The van der Waals surface area contributed by atoms with Gasteiger partial charge in [0.05, 0.1) is 0 Å². The van der Waals surface area contributed by atoms with E-state index in [2.05, 4.69) is 6.58 Å². The standard InChI is InChI=1S/C6H11N2/c1-4-6(2)5-8(3)7/h4-5,7H,1H2,2-3H3/q+1. The highest BCUT2D eigenvalue weighted by atomic mass is 15.1. The lowest BCUT2D eigenvalue weighted by Crippen LogP contribution is -1.86. The van der Waals surface area contributed by atoms with Crippen molar-refractivity contribution in [3.63, 3.8) is 0 Å². The summed E-state index contributed by atoms with van der Waals surface area (Å²) in [6.07, 6.45) is 3.40. The van der Waals surface area contributed by atoms with Crippen LogP contribution in [0.3, 0.4) is 0 Å². The molecule has 0 saturated carbocycles. The largest absolute Gasteiger partial charge is 0.198 e. The van der Waals surface area contributed by atoms with Gasteiger partial charge in [-0.1, -0.05) is 18.2 Å². The molecule has 1 N–H and O–H groups in total. The Balaban J connectivity index is 3.94. The van der Waals surface area contributed by atoms with Crippen LogP contribution in [0.25, 0.3) is 0 Å². The van der Waals surface area contributed by atoms with Crippen LogP contribution in [0, 0.1) is 5.53 Å². The molecule has 0 atom stereocenters.